The van der Waals surface area contributed by atoms with E-state index in [0.29, 0.717) is 22.7 Å². The first-order chi connectivity index (χ1) is 12.8. The number of rotatable bonds is 4. The number of ether oxygens (including phenoxy) is 2. The lowest BCUT2D eigenvalue weighted by Crippen LogP contribution is -2.34. The Balaban J connectivity index is 1.62. The summed E-state index contributed by atoms with van der Waals surface area (Å²) in [5.41, 5.74) is 0.540. The van der Waals surface area contributed by atoms with E-state index in [9.17, 15) is 18.3 Å². The SMILES string of the molecule is Cc1ccc(C(=O)[O-])cc1S(=O)(=O)Nc1ccc2c(c1)OC1(CCCC1)O2. The van der Waals surface area contributed by atoms with Gasteiger partial charge in [-0.05, 0) is 49.1 Å². The number of carboxylic acid groups (broad SMARTS) is 1. The van der Waals surface area contributed by atoms with Gasteiger partial charge in [0.1, 0.15) is 0 Å². The number of aryl methyl sites for hydroxylation is 1. The van der Waals surface area contributed by atoms with Crippen LogP contribution in [0.5, 0.6) is 11.5 Å². The number of nitrogens with one attached hydrogen (secondary N) is 1. The van der Waals surface area contributed by atoms with Crippen LogP contribution >= 0.6 is 0 Å². The molecule has 8 heteroatoms. The average Bonchev–Trinajstić information content (AvgIpc) is 3.20. The topological polar surface area (TPSA) is 105 Å². The molecular weight excluding hydrogens is 370 g/mol. The Bertz CT molecular complexity index is 1020. The largest absolute Gasteiger partial charge is 0.545 e. The summed E-state index contributed by atoms with van der Waals surface area (Å²) in [6.07, 6.45) is 3.67. The highest BCUT2D eigenvalue weighted by Crippen LogP contribution is 2.47. The maximum absolute atomic E-state index is 12.8. The Labute approximate surface area is 157 Å². The van der Waals surface area contributed by atoms with E-state index < -0.39 is 21.8 Å². The lowest BCUT2D eigenvalue weighted by Gasteiger charge is -2.21. The molecule has 1 fully saturated rings. The van der Waals surface area contributed by atoms with E-state index in [1.807, 2.05) is 0 Å². The van der Waals surface area contributed by atoms with Gasteiger partial charge in [0, 0.05) is 18.9 Å². The van der Waals surface area contributed by atoms with Crippen molar-refractivity contribution < 1.29 is 27.8 Å². The molecule has 1 aliphatic carbocycles. The van der Waals surface area contributed by atoms with Crippen LogP contribution in [0, 0.1) is 6.92 Å². The van der Waals surface area contributed by atoms with Crippen molar-refractivity contribution >= 4 is 21.7 Å². The summed E-state index contributed by atoms with van der Waals surface area (Å²) in [5.74, 6) is -0.970. The number of fused-ring (bicyclic) bond motifs is 1. The minimum atomic E-state index is -3.98. The first kappa shape index (κ1) is 17.7. The molecule has 0 aromatic heterocycles. The lowest BCUT2D eigenvalue weighted by molar-refractivity contribution is -0.255. The van der Waals surface area contributed by atoms with Crippen molar-refractivity contribution in [1.29, 1.82) is 0 Å². The number of hydrogen-bond acceptors (Lipinski definition) is 6. The lowest BCUT2D eigenvalue weighted by atomic mass is 10.1. The quantitative estimate of drug-likeness (QED) is 0.861. The molecule has 1 saturated carbocycles. The van der Waals surface area contributed by atoms with Gasteiger partial charge in [0.05, 0.1) is 16.6 Å². The normalized spacial score (nSPS) is 17.2. The van der Waals surface area contributed by atoms with Gasteiger partial charge in [-0.25, -0.2) is 8.42 Å². The van der Waals surface area contributed by atoms with Crippen molar-refractivity contribution in [2.45, 2.75) is 43.3 Å². The molecule has 7 nitrogen and oxygen atoms in total. The standard InChI is InChI=1S/C19H19NO6S/c1-12-4-5-13(18(21)22)10-17(12)27(23,24)20-14-6-7-15-16(11-14)26-19(25-15)8-2-3-9-19/h4-7,10-11,20H,2-3,8-9H2,1H3,(H,21,22)/p-1. The molecule has 4 rings (SSSR count). The van der Waals surface area contributed by atoms with E-state index in [1.54, 1.807) is 25.1 Å². The highest BCUT2D eigenvalue weighted by atomic mass is 32.2. The summed E-state index contributed by atoms with van der Waals surface area (Å²) >= 11 is 0. The molecular formula is C19H18NO6S-. The van der Waals surface area contributed by atoms with Crippen LogP contribution in [0.3, 0.4) is 0 Å². The second kappa shape index (κ2) is 6.16. The third-order valence-electron chi connectivity index (χ3n) is 4.87. The molecule has 2 aromatic rings. The monoisotopic (exact) mass is 388 g/mol. The van der Waals surface area contributed by atoms with Gasteiger partial charge in [-0.2, -0.15) is 0 Å². The maximum atomic E-state index is 12.8. The van der Waals surface area contributed by atoms with Gasteiger partial charge in [0.25, 0.3) is 15.8 Å². The molecule has 2 aromatic carbocycles. The molecule has 142 valence electrons. The number of carbonyl (C=O) groups excluding carboxylic acids is 1. The molecule has 0 amide bonds. The first-order valence-electron chi connectivity index (χ1n) is 8.65. The van der Waals surface area contributed by atoms with Gasteiger partial charge in [-0.15, -0.1) is 0 Å². The number of benzene rings is 2. The molecule has 2 aliphatic rings. The van der Waals surface area contributed by atoms with Crippen LogP contribution in [0.25, 0.3) is 0 Å². The molecule has 0 bridgehead atoms. The van der Waals surface area contributed by atoms with Gasteiger partial charge in [-0.3, -0.25) is 4.72 Å². The van der Waals surface area contributed by atoms with Crippen molar-refractivity contribution in [1.82, 2.24) is 0 Å². The third-order valence-corrected chi connectivity index (χ3v) is 6.39. The zero-order valence-corrected chi connectivity index (χ0v) is 15.5. The number of carboxylic acids is 1. The highest BCUT2D eigenvalue weighted by Gasteiger charge is 2.44. The summed E-state index contributed by atoms with van der Waals surface area (Å²) in [7, 11) is -3.98. The van der Waals surface area contributed by atoms with Crippen LogP contribution in [0.2, 0.25) is 0 Å². The number of hydrogen-bond donors (Lipinski definition) is 1. The number of anilines is 1. The molecule has 1 heterocycles. The molecule has 1 N–H and O–H groups in total. The van der Waals surface area contributed by atoms with E-state index in [4.69, 9.17) is 9.47 Å². The average molecular weight is 388 g/mol. The Kier molecular flexibility index (Phi) is 4.03. The summed E-state index contributed by atoms with van der Waals surface area (Å²) in [6, 6.07) is 8.68. The van der Waals surface area contributed by atoms with E-state index in [1.165, 1.54) is 12.1 Å². The third kappa shape index (κ3) is 3.21. The summed E-state index contributed by atoms with van der Waals surface area (Å²) in [4.78, 5) is 10.9. The van der Waals surface area contributed by atoms with Crippen LogP contribution < -0.4 is 19.3 Å². The van der Waals surface area contributed by atoms with Gasteiger partial charge >= 0.3 is 0 Å². The highest BCUT2D eigenvalue weighted by molar-refractivity contribution is 7.92. The van der Waals surface area contributed by atoms with Gasteiger partial charge in [-0.1, -0.05) is 12.1 Å². The first-order valence-corrected chi connectivity index (χ1v) is 10.1. The van der Waals surface area contributed by atoms with Crippen molar-refractivity contribution in [3.05, 3.63) is 47.5 Å². The number of sulfonamides is 1. The molecule has 1 spiro atoms. The Morgan fingerprint density at radius 2 is 1.78 bits per heavy atom. The molecule has 0 radical (unpaired) electrons. The fourth-order valence-corrected chi connectivity index (χ4v) is 4.82. The minimum absolute atomic E-state index is 0.117. The zero-order valence-electron chi connectivity index (χ0n) is 14.7. The zero-order chi connectivity index (χ0) is 19.2. The van der Waals surface area contributed by atoms with E-state index in [2.05, 4.69) is 4.72 Å². The Morgan fingerprint density at radius 1 is 1.07 bits per heavy atom. The van der Waals surface area contributed by atoms with Crippen LogP contribution in [0.15, 0.2) is 41.3 Å². The maximum Gasteiger partial charge on any atom is 0.262 e. The van der Waals surface area contributed by atoms with Crippen molar-refractivity contribution in [3.63, 3.8) is 0 Å². The summed E-state index contributed by atoms with van der Waals surface area (Å²) in [6.45, 7) is 1.59. The predicted octanol–water partition coefficient (Wildman–Crippen LogP) is 2.20. The second-order valence-electron chi connectivity index (χ2n) is 6.86. The van der Waals surface area contributed by atoms with Crippen LogP contribution in [0.4, 0.5) is 5.69 Å². The fraction of sp³-hybridized carbons (Fsp3) is 0.316. The Hall–Kier alpha value is -2.74. The van der Waals surface area contributed by atoms with Crippen LogP contribution in [-0.4, -0.2) is 20.2 Å². The smallest absolute Gasteiger partial charge is 0.262 e. The molecule has 0 unspecified atom stereocenters. The second-order valence-corrected chi connectivity index (χ2v) is 8.51. The predicted molar refractivity (Wildman–Crippen MR) is 95.2 cm³/mol. The van der Waals surface area contributed by atoms with Gasteiger partial charge < -0.3 is 19.4 Å². The van der Waals surface area contributed by atoms with Crippen LogP contribution in [-0.2, 0) is 10.0 Å². The van der Waals surface area contributed by atoms with Crippen molar-refractivity contribution in [2.24, 2.45) is 0 Å². The molecule has 0 saturated heterocycles. The van der Waals surface area contributed by atoms with E-state index >= 15 is 0 Å². The molecule has 1 aliphatic heterocycles. The summed E-state index contributed by atoms with van der Waals surface area (Å²) in [5, 5.41) is 11.0. The van der Waals surface area contributed by atoms with Crippen molar-refractivity contribution in [2.75, 3.05) is 4.72 Å². The van der Waals surface area contributed by atoms with Gasteiger partial charge in [0.15, 0.2) is 11.5 Å². The Morgan fingerprint density at radius 3 is 2.48 bits per heavy atom. The van der Waals surface area contributed by atoms with Gasteiger partial charge in [0.2, 0.25) is 0 Å². The summed E-state index contributed by atoms with van der Waals surface area (Å²) < 4.78 is 39.8. The molecule has 27 heavy (non-hydrogen) atoms. The fourth-order valence-electron chi connectivity index (χ4n) is 3.50. The number of aromatic carboxylic acids is 1. The molecule has 0 atom stereocenters. The van der Waals surface area contributed by atoms with E-state index in [-0.39, 0.29) is 10.5 Å². The minimum Gasteiger partial charge on any atom is -0.545 e. The number of carbonyl (C=O) groups is 1. The van der Waals surface area contributed by atoms with Crippen LogP contribution in [0.1, 0.15) is 41.6 Å². The van der Waals surface area contributed by atoms with Crippen molar-refractivity contribution in [3.8, 4) is 11.5 Å². The van der Waals surface area contributed by atoms with E-state index in [0.717, 1.165) is 31.7 Å².